The van der Waals surface area contributed by atoms with Gasteiger partial charge in [0.1, 0.15) is 0 Å². The molecule has 1 N–H and O–H groups in total. The van der Waals surface area contributed by atoms with Crippen LogP contribution >= 0.6 is 0 Å². The van der Waals surface area contributed by atoms with Crippen molar-refractivity contribution in [2.45, 2.75) is 12.8 Å². The Hall–Kier alpha value is -2.44. The zero-order valence-corrected chi connectivity index (χ0v) is 9.73. The Labute approximate surface area is 103 Å². The fourth-order valence-electron chi connectivity index (χ4n) is 0.780. The number of aliphatic carboxylic acids is 1. The highest BCUT2D eigenvalue weighted by molar-refractivity contribution is 6.01. The van der Waals surface area contributed by atoms with Gasteiger partial charge in [0.15, 0.2) is 0 Å². The largest absolute Gasteiger partial charge is 0.478 e. The van der Waals surface area contributed by atoms with Gasteiger partial charge in [-0.1, -0.05) is 13.2 Å². The molecule has 7 heteroatoms. The van der Waals surface area contributed by atoms with Crippen molar-refractivity contribution >= 4 is 23.9 Å². The first-order chi connectivity index (χ1) is 8.27. The summed E-state index contributed by atoms with van der Waals surface area (Å²) in [6.07, 6.45) is -1.05. The van der Waals surface area contributed by atoms with Gasteiger partial charge in [-0.05, 0) is 0 Å². The number of carbonyl (C=O) groups is 4. The average Bonchev–Trinajstić information content (AvgIpc) is 2.27. The molecule has 0 rings (SSSR count). The van der Waals surface area contributed by atoms with Gasteiger partial charge in [-0.15, -0.1) is 0 Å². The maximum absolute atomic E-state index is 11.2. The second-order valence-electron chi connectivity index (χ2n) is 3.20. The van der Waals surface area contributed by atoms with Crippen molar-refractivity contribution in [1.82, 2.24) is 0 Å². The maximum atomic E-state index is 11.2. The van der Waals surface area contributed by atoms with E-state index in [0.717, 1.165) is 7.11 Å². The topological polar surface area (TPSA) is 107 Å². The van der Waals surface area contributed by atoms with Crippen molar-refractivity contribution in [3.63, 3.8) is 0 Å². The van der Waals surface area contributed by atoms with E-state index in [0.29, 0.717) is 0 Å². The van der Waals surface area contributed by atoms with Crippen LogP contribution in [0.5, 0.6) is 0 Å². The lowest BCUT2D eigenvalue weighted by molar-refractivity contribution is -0.158. The molecule has 0 heterocycles. The Kier molecular flexibility index (Phi) is 6.05. The molecule has 0 aromatic heterocycles. The zero-order valence-electron chi connectivity index (χ0n) is 9.73. The summed E-state index contributed by atoms with van der Waals surface area (Å²) in [7, 11) is 1.13. The van der Waals surface area contributed by atoms with Crippen molar-refractivity contribution in [3.05, 3.63) is 24.3 Å². The van der Waals surface area contributed by atoms with Crippen LogP contribution < -0.4 is 0 Å². The summed E-state index contributed by atoms with van der Waals surface area (Å²) in [5.41, 5.74) is -0.678. The van der Waals surface area contributed by atoms with E-state index >= 15 is 0 Å². The van der Waals surface area contributed by atoms with Crippen LogP contribution in [0.3, 0.4) is 0 Å². The Balaban J connectivity index is 4.28. The van der Waals surface area contributed by atoms with Crippen molar-refractivity contribution in [3.8, 4) is 0 Å². The highest BCUT2D eigenvalue weighted by atomic mass is 16.6. The number of carboxylic acids is 1. The van der Waals surface area contributed by atoms with E-state index in [1.165, 1.54) is 0 Å². The van der Waals surface area contributed by atoms with Gasteiger partial charge in [0.2, 0.25) is 0 Å². The standard InChI is InChI=1S/C11H12O7/c1-6(10(14)15)4-9(13)18-11(16)7(2)5-8(12)17-3/h1-2,4-5H2,3H3,(H,14,15). The van der Waals surface area contributed by atoms with Crippen molar-refractivity contribution in [1.29, 1.82) is 0 Å². The van der Waals surface area contributed by atoms with Gasteiger partial charge in [0, 0.05) is 11.1 Å². The van der Waals surface area contributed by atoms with E-state index in [1.54, 1.807) is 0 Å². The number of esters is 3. The lowest BCUT2D eigenvalue weighted by Gasteiger charge is -2.04. The molecule has 0 atom stereocenters. The first-order valence-corrected chi connectivity index (χ1v) is 4.68. The SMILES string of the molecule is C=C(CC(=O)OC(=O)C(=C)CC(=O)OC)C(=O)O. The summed E-state index contributed by atoms with van der Waals surface area (Å²) >= 11 is 0. The molecule has 98 valence electrons. The number of ether oxygens (including phenoxy) is 2. The molecule has 0 bridgehead atoms. The molecule has 0 saturated carbocycles. The van der Waals surface area contributed by atoms with Gasteiger partial charge in [-0.2, -0.15) is 0 Å². The molecular weight excluding hydrogens is 244 g/mol. The fraction of sp³-hybridized carbons (Fsp3) is 0.273. The molecule has 0 aromatic carbocycles. The monoisotopic (exact) mass is 256 g/mol. The predicted molar refractivity (Wildman–Crippen MR) is 58.3 cm³/mol. The minimum absolute atomic E-state index is 0.267. The number of carbonyl (C=O) groups excluding carboxylic acids is 3. The molecule has 7 nitrogen and oxygen atoms in total. The second kappa shape index (κ2) is 7.00. The first kappa shape index (κ1) is 15.6. The number of methoxy groups -OCH3 is 1. The average molecular weight is 256 g/mol. The van der Waals surface area contributed by atoms with Crippen LogP contribution in [0.2, 0.25) is 0 Å². The smallest absolute Gasteiger partial charge is 0.341 e. The quantitative estimate of drug-likeness (QED) is 0.411. The van der Waals surface area contributed by atoms with Crippen LogP contribution in [0.1, 0.15) is 12.8 Å². The van der Waals surface area contributed by atoms with Crippen LogP contribution in [0.4, 0.5) is 0 Å². The Morgan fingerprint density at radius 2 is 1.50 bits per heavy atom. The minimum atomic E-state index is -1.37. The maximum Gasteiger partial charge on any atom is 0.341 e. The highest BCUT2D eigenvalue weighted by Gasteiger charge is 2.19. The molecule has 0 saturated heterocycles. The predicted octanol–water partition coefficient (Wildman–Crippen LogP) is 0.206. The summed E-state index contributed by atoms with van der Waals surface area (Å²) in [5.74, 6) is -4.27. The molecule has 0 fully saturated rings. The number of rotatable bonds is 6. The van der Waals surface area contributed by atoms with E-state index in [4.69, 9.17) is 5.11 Å². The molecule has 18 heavy (non-hydrogen) atoms. The lowest BCUT2D eigenvalue weighted by atomic mass is 10.2. The Morgan fingerprint density at radius 3 is 1.94 bits per heavy atom. The van der Waals surface area contributed by atoms with Crippen LogP contribution in [0.25, 0.3) is 0 Å². The van der Waals surface area contributed by atoms with E-state index in [-0.39, 0.29) is 5.57 Å². The van der Waals surface area contributed by atoms with E-state index in [9.17, 15) is 19.2 Å². The van der Waals surface area contributed by atoms with Gasteiger partial charge in [-0.25, -0.2) is 9.59 Å². The summed E-state index contributed by atoms with van der Waals surface area (Å²) in [6, 6.07) is 0. The van der Waals surface area contributed by atoms with Gasteiger partial charge in [-0.3, -0.25) is 9.59 Å². The molecule has 0 aliphatic rings. The van der Waals surface area contributed by atoms with Crippen molar-refractivity contribution < 1.29 is 33.8 Å². The Bertz CT molecular complexity index is 419. The lowest BCUT2D eigenvalue weighted by Crippen LogP contribution is -2.17. The highest BCUT2D eigenvalue weighted by Crippen LogP contribution is 2.06. The third-order valence-electron chi connectivity index (χ3n) is 1.74. The normalized spacial score (nSPS) is 9.17. The Morgan fingerprint density at radius 1 is 1.00 bits per heavy atom. The van der Waals surface area contributed by atoms with Crippen LogP contribution in [0, 0.1) is 0 Å². The molecule has 0 aliphatic heterocycles. The van der Waals surface area contributed by atoms with Crippen molar-refractivity contribution in [2.24, 2.45) is 0 Å². The van der Waals surface area contributed by atoms with Crippen molar-refractivity contribution in [2.75, 3.05) is 7.11 Å². The number of hydrogen-bond donors (Lipinski definition) is 1. The third-order valence-corrected chi connectivity index (χ3v) is 1.74. The summed E-state index contributed by atoms with van der Waals surface area (Å²) in [4.78, 5) is 43.5. The number of hydrogen-bond acceptors (Lipinski definition) is 6. The zero-order chi connectivity index (χ0) is 14.3. The summed E-state index contributed by atoms with van der Waals surface area (Å²) in [6.45, 7) is 6.34. The number of carboxylic acid groups (broad SMARTS) is 1. The van der Waals surface area contributed by atoms with Gasteiger partial charge >= 0.3 is 23.9 Å². The summed E-state index contributed by atoms with van der Waals surface area (Å²) < 4.78 is 8.56. The third kappa shape index (κ3) is 5.59. The van der Waals surface area contributed by atoms with Gasteiger partial charge in [0.25, 0.3) is 0 Å². The first-order valence-electron chi connectivity index (χ1n) is 4.68. The van der Waals surface area contributed by atoms with Crippen LogP contribution in [-0.4, -0.2) is 36.1 Å². The minimum Gasteiger partial charge on any atom is -0.478 e. The van der Waals surface area contributed by atoms with E-state index in [1.807, 2.05) is 0 Å². The molecule has 0 unspecified atom stereocenters. The van der Waals surface area contributed by atoms with E-state index < -0.39 is 42.3 Å². The molecule has 0 radical (unpaired) electrons. The van der Waals surface area contributed by atoms with E-state index in [2.05, 4.69) is 22.6 Å². The fourth-order valence-corrected chi connectivity index (χ4v) is 0.780. The second-order valence-corrected chi connectivity index (χ2v) is 3.20. The van der Waals surface area contributed by atoms with Crippen LogP contribution in [-0.2, 0) is 28.7 Å². The summed E-state index contributed by atoms with van der Waals surface area (Å²) in [5, 5.41) is 8.45. The molecule has 0 amide bonds. The molecule has 0 spiro atoms. The molecular formula is C11H12O7. The van der Waals surface area contributed by atoms with Crippen LogP contribution in [0.15, 0.2) is 24.3 Å². The molecule has 0 aliphatic carbocycles. The van der Waals surface area contributed by atoms with Gasteiger partial charge < -0.3 is 14.6 Å². The van der Waals surface area contributed by atoms with Gasteiger partial charge in [0.05, 0.1) is 20.0 Å². The molecule has 0 aromatic rings.